The van der Waals surface area contributed by atoms with Gasteiger partial charge in [0.2, 0.25) is 5.79 Å². The van der Waals surface area contributed by atoms with E-state index in [-0.39, 0.29) is 0 Å². The van der Waals surface area contributed by atoms with Crippen molar-refractivity contribution < 1.29 is 35.4 Å². The summed E-state index contributed by atoms with van der Waals surface area (Å²) >= 11 is 0. The van der Waals surface area contributed by atoms with Crippen LogP contribution in [0.15, 0.2) is 0 Å². The van der Waals surface area contributed by atoms with E-state index in [4.69, 9.17) is 30.6 Å². The van der Waals surface area contributed by atoms with Gasteiger partial charge in [0.05, 0.1) is 6.61 Å². The number of hydrogen-bond donors (Lipinski definition) is 6. The standard InChI is InChI=1S/C6H12O7/c7-2-1-13-4(5(9)10)6(11,12)3(2)8/h2-5,7-12H,1H2/t2-,3+,4+/m0/s1. The first-order chi connectivity index (χ1) is 5.87. The maximum Gasteiger partial charge on any atom is 0.224 e. The van der Waals surface area contributed by atoms with Gasteiger partial charge < -0.3 is 35.4 Å². The first-order valence-electron chi connectivity index (χ1n) is 3.66. The van der Waals surface area contributed by atoms with E-state index in [1.165, 1.54) is 0 Å². The third kappa shape index (κ3) is 1.81. The van der Waals surface area contributed by atoms with Crippen LogP contribution in [0.5, 0.6) is 0 Å². The second-order valence-electron chi connectivity index (χ2n) is 2.96. The van der Waals surface area contributed by atoms with Crippen molar-refractivity contribution in [3.63, 3.8) is 0 Å². The Labute approximate surface area is 73.4 Å². The Bertz CT molecular complexity index is 180. The second-order valence-corrected chi connectivity index (χ2v) is 2.96. The van der Waals surface area contributed by atoms with Gasteiger partial charge in [0.25, 0.3) is 0 Å². The molecular formula is C6H12O7. The topological polar surface area (TPSA) is 131 Å². The lowest BCUT2D eigenvalue weighted by molar-refractivity contribution is -0.362. The maximum atomic E-state index is 9.14. The van der Waals surface area contributed by atoms with Crippen LogP contribution < -0.4 is 0 Å². The van der Waals surface area contributed by atoms with Gasteiger partial charge in [-0.05, 0) is 0 Å². The molecule has 1 heterocycles. The van der Waals surface area contributed by atoms with Crippen LogP contribution in [0.2, 0.25) is 0 Å². The fourth-order valence-corrected chi connectivity index (χ4v) is 1.17. The molecule has 1 rings (SSSR count). The molecule has 0 spiro atoms. The summed E-state index contributed by atoms with van der Waals surface area (Å²) in [5.41, 5.74) is 0. The van der Waals surface area contributed by atoms with Crippen LogP contribution >= 0.6 is 0 Å². The van der Waals surface area contributed by atoms with Gasteiger partial charge in [-0.3, -0.25) is 0 Å². The quantitative estimate of drug-likeness (QED) is 0.236. The lowest BCUT2D eigenvalue weighted by atomic mass is 9.95. The van der Waals surface area contributed by atoms with E-state index >= 15 is 0 Å². The minimum atomic E-state index is -2.87. The molecule has 1 aliphatic rings. The van der Waals surface area contributed by atoms with Crippen molar-refractivity contribution in [1.82, 2.24) is 0 Å². The van der Waals surface area contributed by atoms with E-state index in [1.807, 2.05) is 0 Å². The highest BCUT2D eigenvalue weighted by Crippen LogP contribution is 2.25. The zero-order valence-electron chi connectivity index (χ0n) is 6.61. The maximum absolute atomic E-state index is 9.14. The molecular weight excluding hydrogens is 184 g/mol. The molecule has 0 aliphatic carbocycles. The van der Waals surface area contributed by atoms with Crippen LogP contribution in [0.3, 0.4) is 0 Å². The van der Waals surface area contributed by atoms with Crippen molar-refractivity contribution in [3.8, 4) is 0 Å². The van der Waals surface area contributed by atoms with Crippen molar-refractivity contribution in [2.24, 2.45) is 0 Å². The minimum absolute atomic E-state index is 0.397. The third-order valence-corrected chi connectivity index (χ3v) is 1.94. The van der Waals surface area contributed by atoms with Crippen LogP contribution in [0.1, 0.15) is 0 Å². The molecule has 1 fully saturated rings. The first kappa shape index (κ1) is 10.8. The molecule has 0 saturated carbocycles. The van der Waals surface area contributed by atoms with Crippen LogP contribution in [-0.4, -0.2) is 67.6 Å². The molecule has 7 nitrogen and oxygen atoms in total. The number of aliphatic hydroxyl groups excluding tert-OH is 3. The Kier molecular flexibility index (Phi) is 2.88. The van der Waals surface area contributed by atoms with Gasteiger partial charge in [-0.15, -0.1) is 0 Å². The minimum Gasteiger partial charge on any atom is -0.388 e. The molecule has 3 atom stereocenters. The van der Waals surface area contributed by atoms with E-state index in [2.05, 4.69) is 4.74 Å². The van der Waals surface area contributed by atoms with E-state index in [1.54, 1.807) is 0 Å². The molecule has 7 heteroatoms. The molecule has 1 saturated heterocycles. The molecule has 6 N–H and O–H groups in total. The van der Waals surface area contributed by atoms with Crippen molar-refractivity contribution >= 4 is 0 Å². The average molecular weight is 196 g/mol. The normalized spacial score (nSPS) is 39.5. The van der Waals surface area contributed by atoms with Crippen LogP contribution in [0.25, 0.3) is 0 Å². The Hall–Kier alpha value is -0.280. The summed E-state index contributed by atoms with van der Waals surface area (Å²) in [6.45, 7) is -0.397. The molecule has 0 aromatic heterocycles. The number of ether oxygens (including phenoxy) is 1. The van der Waals surface area contributed by atoms with Gasteiger partial charge in [0, 0.05) is 0 Å². The van der Waals surface area contributed by atoms with Crippen molar-refractivity contribution in [2.45, 2.75) is 30.4 Å². The fraction of sp³-hybridized carbons (Fsp3) is 1.00. The molecule has 1 aliphatic heterocycles. The van der Waals surface area contributed by atoms with Crippen molar-refractivity contribution in [3.05, 3.63) is 0 Å². The average Bonchev–Trinajstić information content (AvgIpc) is 1.99. The number of aliphatic hydroxyl groups is 6. The summed E-state index contributed by atoms with van der Waals surface area (Å²) in [7, 11) is 0. The van der Waals surface area contributed by atoms with E-state index in [0.717, 1.165) is 0 Å². The summed E-state index contributed by atoms with van der Waals surface area (Å²) in [5, 5.41) is 53.6. The zero-order chi connectivity index (χ0) is 10.2. The van der Waals surface area contributed by atoms with Gasteiger partial charge in [-0.25, -0.2) is 0 Å². The smallest absolute Gasteiger partial charge is 0.224 e. The number of rotatable bonds is 1. The molecule has 0 aromatic carbocycles. The van der Waals surface area contributed by atoms with Crippen LogP contribution in [0.4, 0.5) is 0 Å². The molecule has 78 valence electrons. The van der Waals surface area contributed by atoms with Gasteiger partial charge in [0.1, 0.15) is 12.2 Å². The second kappa shape index (κ2) is 3.46. The van der Waals surface area contributed by atoms with Gasteiger partial charge in [0.15, 0.2) is 12.4 Å². The summed E-state index contributed by atoms with van der Waals surface area (Å²) < 4.78 is 4.53. The SMILES string of the molecule is OC(O)[C@H]1OC[C@H](O)[C@@H](O)C1(O)O. The molecule has 0 aromatic rings. The first-order valence-corrected chi connectivity index (χ1v) is 3.66. The largest absolute Gasteiger partial charge is 0.388 e. The van der Waals surface area contributed by atoms with Crippen molar-refractivity contribution in [1.29, 1.82) is 0 Å². The Morgan fingerprint density at radius 2 is 1.77 bits per heavy atom. The van der Waals surface area contributed by atoms with E-state index < -0.39 is 37.0 Å². The zero-order valence-corrected chi connectivity index (χ0v) is 6.61. The summed E-state index contributed by atoms with van der Waals surface area (Å²) in [6.07, 6.45) is -7.26. The highest BCUT2D eigenvalue weighted by atomic mass is 16.6. The fourth-order valence-electron chi connectivity index (χ4n) is 1.17. The molecule has 0 bridgehead atoms. The van der Waals surface area contributed by atoms with Crippen LogP contribution in [-0.2, 0) is 4.74 Å². The van der Waals surface area contributed by atoms with Crippen LogP contribution in [0, 0.1) is 0 Å². The predicted octanol–water partition coefficient (Wildman–Crippen LogP) is -3.90. The lowest BCUT2D eigenvalue weighted by Gasteiger charge is -2.41. The summed E-state index contributed by atoms with van der Waals surface area (Å²) in [6, 6.07) is 0. The van der Waals surface area contributed by atoms with E-state index in [0.29, 0.717) is 0 Å². The Balaban J connectivity index is 2.79. The number of hydrogen-bond acceptors (Lipinski definition) is 7. The Morgan fingerprint density at radius 1 is 1.23 bits per heavy atom. The lowest BCUT2D eigenvalue weighted by Crippen LogP contribution is -2.66. The summed E-state index contributed by atoms with van der Waals surface area (Å²) in [5.74, 6) is -2.87. The summed E-state index contributed by atoms with van der Waals surface area (Å²) in [4.78, 5) is 0. The molecule has 0 amide bonds. The monoisotopic (exact) mass is 196 g/mol. The van der Waals surface area contributed by atoms with Gasteiger partial charge in [-0.2, -0.15) is 0 Å². The highest BCUT2D eigenvalue weighted by Gasteiger charge is 2.52. The third-order valence-electron chi connectivity index (χ3n) is 1.94. The van der Waals surface area contributed by atoms with Gasteiger partial charge >= 0.3 is 0 Å². The van der Waals surface area contributed by atoms with Gasteiger partial charge in [-0.1, -0.05) is 0 Å². The van der Waals surface area contributed by atoms with E-state index in [9.17, 15) is 0 Å². The molecule has 13 heavy (non-hydrogen) atoms. The molecule has 0 radical (unpaired) electrons. The molecule has 0 unspecified atom stereocenters. The predicted molar refractivity (Wildman–Crippen MR) is 37.1 cm³/mol. The highest BCUT2D eigenvalue weighted by molar-refractivity contribution is 4.93. The van der Waals surface area contributed by atoms with Crippen molar-refractivity contribution in [2.75, 3.05) is 6.61 Å². The Morgan fingerprint density at radius 3 is 2.23 bits per heavy atom.